The average molecular weight is 585 g/mol. The van der Waals surface area contributed by atoms with Crippen molar-refractivity contribution in [2.24, 2.45) is 0 Å². The molecule has 0 unspecified atom stereocenters. The van der Waals surface area contributed by atoms with Crippen molar-refractivity contribution < 1.29 is 0 Å². The number of aromatic nitrogens is 4. The summed E-state index contributed by atoms with van der Waals surface area (Å²) in [5.41, 5.74) is 9.56. The van der Waals surface area contributed by atoms with E-state index in [2.05, 4.69) is 155 Å². The van der Waals surface area contributed by atoms with Crippen LogP contribution in [-0.4, -0.2) is 18.9 Å². The van der Waals surface area contributed by atoms with Gasteiger partial charge >= 0.3 is 0 Å². The molecule has 0 bridgehead atoms. The van der Waals surface area contributed by atoms with Crippen molar-refractivity contribution in [1.29, 1.82) is 0 Å². The van der Waals surface area contributed by atoms with Crippen LogP contribution in [0.15, 0.2) is 146 Å². The topological polar surface area (TPSA) is 35.1 Å². The molecule has 212 valence electrons. The van der Waals surface area contributed by atoms with E-state index in [1.54, 1.807) is 0 Å². The van der Waals surface area contributed by atoms with Crippen LogP contribution in [0.2, 0.25) is 0 Å². The fraction of sp³-hybridized carbons (Fsp3) is 0. The van der Waals surface area contributed by atoms with E-state index < -0.39 is 0 Å². The largest absolute Gasteiger partial charge is 0.306 e. The van der Waals surface area contributed by atoms with E-state index in [0.717, 1.165) is 49.9 Å². The Hall–Kier alpha value is -6.26. The van der Waals surface area contributed by atoms with Gasteiger partial charge in [0.2, 0.25) is 0 Å². The summed E-state index contributed by atoms with van der Waals surface area (Å²) >= 11 is 0. The first-order valence-electron chi connectivity index (χ1n) is 15.7. The fourth-order valence-corrected chi connectivity index (χ4v) is 7.91. The van der Waals surface area contributed by atoms with Crippen molar-refractivity contribution in [2.75, 3.05) is 0 Å². The van der Waals surface area contributed by atoms with E-state index in [1.807, 2.05) is 0 Å². The van der Waals surface area contributed by atoms with Gasteiger partial charge in [0.1, 0.15) is 5.69 Å². The van der Waals surface area contributed by atoms with Crippen LogP contribution in [0.3, 0.4) is 0 Å². The van der Waals surface area contributed by atoms with Gasteiger partial charge in [-0.15, -0.1) is 0 Å². The summed E-state index contributed by atoms with van der Waals surface area (Å²) in [7, 11) is 0. The zero-order chi connectivity index (χ0) is 29.9. The summed E-state index contributed by atoms with van der Waals surface area (Å²) in [6.07, 6.45) is 0. The lowest BCUT2D eigenvalue weighted by atomic mass is 10.0. The Balaban J connectivity index is 1.45. The molecule has 0 aliphatic rings. The molecule has 0 spiro atoms. The molecule has 4 aromatic heterocycles. The minimum Gasteiger partial charge on any atom is -0.306 e. The van der Waals surface area contributed by atoms with Crippen molar-refractivity contribution >= 4 is 81.7 Å². The number of benzene rings is 7. The van der Waals surface area contributed by atoms with E-state index in [-0.39, 0.29) is 0 Å². The number of hydrogen-bond acceptors (Lipinski definition) is 2. The second-order valence-electron chi connectivity index (χ2n) is 12.2. The number of para-hydroxylation sites is 2. The van der Waals surface area contributed by atoms with Crippen LogP contribution in [0.5, 0.6) is 0 Å². The fourth-order valence-electron chi connectivity index (χ4n) is 7.91. The normalized spacial score (nSPS) is 12.3. The lowest BCUT2D eigenvalue weighted by Crippen LogP contribution is -2.04. The third kappa shape index (κ3) is 2.98. The molecule has 0 saturated heterocycles. The highest BCUT2D eigenvalue weighted by Gasteiger charge is 2.27. The van der Waals surface area contributed by atoms with Gasteiger partial charge in [-0.25, -0.2) is 9.97 Å². The van der Waals surface area contributed by atoms with Crippen LogP contribution in [0.25, 0.3) is 98.8 Å². The maximum absolute atomic E-state index is 5.59. The van der Waals surface area contributed by atoms with E-state index in [4.69, 9.17) is 9.97 Å². The van der Waals surface area contributed by atoms with Crippen molar-refractivity contribution in [3.63, 3.8) is 0 Å². The summed E-state index contributed by atoms with van der Waals surface area (Å²) in [4.78, 5) is 11.0. The molecular formula is C42H24N4. The molecule has 7 aromatic carbocycles. The Bertz CT molecular complexity index is 3020. The molecule has 0 aliphatic carbocycles. The first-order valence-corrected chi connectivity index (χ1v) is 15.7. The standard InChI is InChI=1S/C42H24N4/c1-2-12-27(13-3-1)38-42(44-39-28-15-5-4-11-25(28)21-23-32(39)43-38)46-35-24-22-26-14-10-18-30-29-16-6-8-19-33(29)45-34-20-9-7-17-31(34)40(46)41(45)37(35)36(26)30/h1-24H. The first kappa shape index (κ1) is 24.1. The number of rotatable bonds is 2. The predicted octanol–water partition coefficient (Wildman–Crippen LogP) is 10.7. The highest BCUT2D eigenvalue weighted by molar-refractivity contribution is 6.33. The first-order chi connectivity index (χ1) is 22.8. The maximum atomic E-state index is 5.59. The van der Waals surface area contributed by atoms with E-state index in [9.17, 15) is 0 Å². The minimum atomic E-state index is 0.837. The Morgan fingerprint density at radius 3 is 1.96 bits per heavy atom. The smallest absolute Gasteiger partial charge is 0.165 e. The van der Waals surface area contributed by atoms with Crippen molar-refractivity contribution in [2.45, 2.75) is 0 Å². The van der Waals surface area contributed by atoms with Crippen molar-refractivity contribution in [3.8, 4) is 17.1 Å². The molecule has 0 fully saturated rings. The molecule has 0 atom stereocenters. The number of nitrogens with zero attached hydrogens (tertiary/aromatic N) is 4. The van der Waals surface area contributed by atoms with Gasteiger partial charge in [-0.2, -0.15) is 0 Å². The number of fused-ring (bicyclic) bond motifs is 9. The van der Waals surface area contributed by atoms with Crippen LogP contribution >= 0.6 is 0 Å². The quantitative estimate of drug-likeness (QED) is 0.190. The Morgan fingerprint density at radius 2 is 1.09 bits per heavy atom. The minimum absolute atomic E-state index is 0.837. The van der Waals surface area contributed by atoms with E-state index >= 15 is 0 Å². The zero-order valence-corrected chi connectivity index (χ0v) is 24.6. The second-order valence-corrected chi connectivity index (χ2v) is 12.2. The van der Waals surface area contributed by atoms with Gasteiger partial charge in [0.15, 0.2) is 5.82 Å². The van der Waals surface area contributed by atoms with Gasteiger partial charge in [0.25, 0.3) is 0 Å². The van der Waals surface area contributed by atoms with Gasteiger partial charge in [0.05, 0.1) is 38.6 Å². The van der Waals surface area contributed by atoms with Crippen LogP contribution in [0, 0.1) is 0 Å². The monoisotopic (exact) mass is 584 g/mol. The molecule has 0 radical (unpaired) electrons. The number of hydrogen-bond donors (Lipinski definition) is 0. The lowest BCUT2D eigenvalue weighted by Gasteiger charge is -2.15. The highest BCUT2D eigenvalue weighted by Crippen LogP contribution is 2.46. The Labute approximate surface area is 262 Å². The van der Waals surface area contributed by atoms with Gasteiger partial charge in [-0.05, 0) is 40.4 Å². The predicted molar refractivity (Wildman–Crippen MR) is 191 cm³/mol. The molecule has 11 rings (SSSR count). The van der Waals surface area contributed by atoms with Crippen LogP contribution in [0.4, 0.5) is 0 Å². The molecule has 46 heavy (non-hydrogen) atoms. The summed E-state index contributed by atoms with van der Waals surface area (Å²) in [6.45, 7) is 0. The van der Waals surface area contributed by atoms with Gasteiger partial charge in [-0.1, -0.05) is 121 Å². The third-order valence-electron chi connectivity index (χ3n) is 9.81. The maximum Gasteiger partial charge on any atom is 0.165 e. The molecule has 4 nitrogen and oxygen atoms in total. The summed E-state index contributed by atoms with van der Waals surface area (Å²) < 4.78 is 4.87. The van der Waals surface area contributed by atoms with E-state index in [1.165, 1.54) is 48.9 Å². The SMILES string of the molecule is c1ccc(-c2nc3ccc4ccccc4c3nc2-n2c3ccc4cccc5c6ccccc6n6c7ccccc7c2c6c3c45)cc1. The molecule has 4 heteroatoms. The summed E-state index contributed by atoms with van der Waals surface area (Å²) in [5.74, 6) is 0.837. The lowest BCUT2D eigenvalue weighted by molar-refractivity contribution is 1.09. The molecule has 0 amide bonds. The highest BCUT2D eigenvalue weighted by atomic mass is 15.1. The van der Waals surface area contributed by atoms with Gasteiger partial charge < -0.3 is 4.40 Å². The van der Waals surface area contributed by atoms with Gasteiger partial charge in [0, 0.05) is 32.5 Å². The molecule has 0 saturated carbocycles. The average Bonchev–Trinajstić information content (AvgIpc) is 3.59. The molecule has 11 aromatic rings. The molecular weight excluding hydrogens is 560 g/mol. The molecule has 0 N–H and O–H groups in total. The Morgan fingerprint density at radius 1 is 0.413 bits per heavy atom. The summed E-state index contributed by atoms with van der Waals surface area (Å²) in [5, 5.41) is 9.70. The van der Waals surface area contributed by atoms with Crippen LogP contribution in [0.1, 0.15) is 0 Å². The third-order valence-corrected chi connectivity index (χ3v) is 9.81. The second kappa shape index (κ2) is 8.68. The van der Waals surface area contributed by atoms with Crippen LogP contribution in [-0.2, 0) is 0 Å². The zero-order valence-electron chi connectivity index (χ0n) is 24.6. The molecule has 0 aliphatic heterocycles. The summed E-state index contributed by atoms with van der Waals surface area (Å²) in [6, 6.07) is 52.1. The van der Waals surface area contributed by atoms with Crippen molar-refractivity contribution in [1.82, 2.24) is 18.9 Å². The van der Waals surface area contributed by atoms with Crippen LogP contribution < -0.4 is 0 Å². The molecule has 4 heterocycles. The van der Waals surface area contributed by atoms with Crippen molar-refractivity contribution in [3.05, 3.63) is 146 Å². The Kier molecular flexibility index (Phi) is 4.55. The van der Waals surface area contributed by atoms with E-state index in [0.29, 0.717) is 0 Å². The van der Waals surface area contributed by atoms with Gasteiger partial charge in [-0.3, -0.25) is 4.57 Å².